The third-order valence-electron chi connectivity index (χ3n) is 6.80. The normalized spacial score (nSPS) is 14.1. The summed E-state index contributed by atoms with van der Waals surface area (Å²) in [6.45, 7) is 1.95. The molecule has 1 nitrogen and oxygen atoms in total. The highest BCUT2D eigenvalue weighted by molar-refractivity contribution is 7.85. The van der Waals surface area contributed by atoms with E-state index in [0.29, 0.717) is 15.9 Å². The largest absolute Gasteiger partial charge is 0.416 e. The van der Waals surface area contributed by atoms with Crippen molar-refractivity contribution < 1.29 is 17.7 Å². The van der Waals surface area contributed by atoms with Crippen LogP contribution >= 0.6 is 7.14 Å². The van der Waals surface area contributed by atoms with Gasteiger partial charge in [0.1, 0.15) is 0 Å². The number of alkyl halides is 3. The molecule has 6 aromatic carbocycles. The van der Waals surface area contributed by atoms with E-state index in [1.165, 1.54) is 12.1 Å². The van der Waals surface area contributed by atoms with E-state index in [1.54, 1.807) is 0 Å². The van der Waals surface area contributed by atoms with Crippen LogP contribution in [0.3, 0.4) is 0 Å². The molecule has 0 N–H and O–H groups in total. The van der Waals surface area contributed by atoms with Crippen LogP contribution in [0.15, 0.2) is 103 Å². The first-order valence-electron chi connectivity index (χ1n) is 11.3. The number of aryl methyl sites for hydroxylation is 1. The summed E-state index contributed by atoms with van der Waals surface area (Å²) in [4.78, 5) is 0. The van der Waals surface area contributed by atoms with Gasteiger partial charge in [0.25, 0.3) is 0 Å². The zero-order valence-corrected chi connectivity index (χ0v) is 19.7. The zero-order chi connectivity index (χ0) is 24.4. The molecule has 0 saturated heterocycles. The van der Waals surface area contributed by atoms with Crippen LogP contribution in [0.5, 0.6) is 0 Å². The SMILES string of the molecule is Cc1ccc(P(=O)(c2ccc(C(F)(F)F)cc2)c2ccc3ccc4cccc5ccc2c3c45)cc1. The van der Waals surface area contributed by atoms with Gasteiger partial charge in [-0.3, -0.25) is 0 Å². The molecule has 0 spiro atoms. The van der Waals surface area contributed by atoms with Crippen molar-refractivity contribution in [3.05, 3.63) is 114 Å². The predicted molar refractivity (Wildman–Crippen MR) is 139 cm³/mol. The molecule has 0 bridgehead atoms. The summed E-state index contributed by atoms with van der Waals surface area (Å²) in [5.74, 6) is 0. The molecule has 0 aliphatic heterocycles. The molecule has 1 unspecified atom stereocenters. The average Bonchev–Trinajstić information content (AvgIpc) is 2.87. The number of halogens is 3. The summed E-state index contributed by atoms with van der Waals surface area (Å²) in [5.41, 5.74) is 0.259. The lowest BCUT2D eigenvalue weighted by atomic mass is 9.94. The molecule has 0 saturated carbocycles. The van der Waals surface area contributed by atoms with Crippen molar-refractivity contribution in [1.29, 1.82) is 0 Å². The summed E-state index contributed by atoms with van der Waals surface area (Å²) in [6.07, 6.45) is -4.46. The maximum absolute atomic E-state index is 15.2. The minimum absolute atomic E-state index is 0.379. The molecule has 0 aromatic heterocycles. The molecule has 6 rings (SSSR count). The average molecular weight is 484 g/mol. The number of hydrogen-bond acceptors (Lipinski definition) is 1. The van der Waals surface area contributed by atoms with Crippen molar-refractivity contribution in [2.75, 3.05) is 0 Å². The van der Waals surface area contributed by atoms with Gasteiger partial charge in [0.2, 0.25) is 0 Å². The number of benzene rings is 6. The van der Waals surface area contributed by atoms with Crippen molar-refractivity contribution in [3.63, 3.8) is 0 Å². The van der Waals surface area contributed by atoms with Gasteiger partial charge in [-0.2, -0.15) is 13.2 Å². The van der Waals surface area contributed by atoms with E-state index in [0.717, 1.165) is 50.0 Å². The second-order valence-corrected chi connectivity index (χ2v) is 11.7. The van der Waals surface area contributed by atoms with Gasteiger partial charge in [0, 0.05) is 15.9 Å². The lowest BCUT2D eigenvalue weighted by molar-refractivity contribution is -0.137. The van der Waals surface area contributed by atoms with Crippen molar-refractivity contribution >= 4 is 55.4 Å². The van der Waals surface area contributed by atoms with Gasteiger partial charge in [-0.15, -0.1) is 0 Å². The fraction of sp³-hybridized carbons (Fsp3) is 0.0667. The van der Waals surface area contributed by atoms with E-state index in [1.807, 2.05) is 61.5 Å². The Labute approximate surface area is 200 Å². The third kappa shape index (κ3) is 3.36. The van der Waals surface area contributed by atoms with Crippen LogP contribution in [-0.4, -0.2) is 0 Å². The Morgan fingerprint density at radius 2 is 1.11 bits per heavy atom. The zero-order valence-electron chi connectivity index (χ0n) is 18.8. The van der Waals surface area contributed by atoms with Gasteiger partial charge < -0.3 is 4.57 Å². The van der Waals surface area contributed by atoms with E-state index in [-0.39, 0.29) is 0 Å². The lowest BCUT2D eigenvalue weighted by Gasteiger charge is -2.23. The van der Waals surface area contributed by atoms with E-state index in [9.17, 15) is 13.2 Å². The quantitative estimate of drug-likeness (QED) is 0.187. The monoisotopic (exact) mass is 484 g/mol. The summed E-state index contributed by atoms with van der Waals surface area (Å²) >= 11 is 0. The Morgan fingerprint density at radius 1 is 0.600 bits per heavy atom. The highest BCUT2D eigenvalue weighted by Crippen LogP contribution is 2.47. The maximum Gasteiger partial charge on any atom is 0.416 e. The van der Waals surface area contributed by atoms with Crippen molar-refractivity contribution in [1.82, 2.24) is 0 Å². The van der Waals surface area contributed by atoms with Crippen LogP contribution in [-0.2, 0) is 10.7 Å². The Kier molecular flexibility index (Phi) is 4.81. The van der Waals surface area contributed by atoms with Crippen LogP contribution in [0.25, 0.3) is 32.3 Å². The molecule has 0 fully saturated rings. The summed E-state index contributed by atoms with van der Waals surface area (Å²) < 4.78 is 55.0. The van der Waals surface area contributed by atoms with Crippen LogP contribution in [0.1, 0.15) is 11.1 Å². The summed E-state index contributed by atoms with van der Waals surface area (Å²) in [5, 5.41) is 7.82. The highest BCUT2D eigenvalue weighted by atomic mass is 31.2. The molecule has 0 radical (unpaired) electrons. The molecule has 0 aliphatic rings. The fourth-order valence-corrected chi connectivity index (χ4v) is 7.84. The molecule has 35 heavy (non-hydrogen) atoms. The maximum atomic E-state index is 15.2. The van der Waals surface area contributed by atoms with Crippen LogP contribution in [0.2, 0.25) is 0 Å². The van der Waals surface area contributed by atoms with Crippen LogP contribution in [0, 0.1) is 6.92 Å². The van der Waals surface area contributed by atoms with Gasteiger partial charge >= 0.3 is 6.18 Å². The fourth-order valence-electron chi connectivity index (χ4n) is 5.04. The van der Waals surface area contributed by atoms with Gasteiger partial charge in [0.15, 0.2) is 7.14 Å². The molecule has 5 heteroatoms. The van der Waals surface area contributed by atoms with Crippen molar-refractivity contribution in [2.24, 2.45) is 0 Å². The van der Waals surface area contributed by atoms with Gasteiger partial charge in [-0.05, 0) is 57.4 Å². The Balaban J connectivity index is 1.70. The van der Waals surface area contributed by atoms with Crippen molar-refractivity contribution in [3.8, 4) is 0 Å². The predicted octanol–water partition coefficient (Wildman–Crippen LogP) is 7.55. The Morgan fingerprint density at radius 3 is 1.71 bits per heavy atom. The molecule has 172 valence electrons. The first-order valence-corrected chi connectivity index (χ1v) is 13.0. The smallest absolute Gasteiger partial charge is 0.309 e. The van der Waals surface area contributed by atoms with Crippen LogP contribution < -0.4 is 15.9 Å². The molecule has 0 amide bonds. The first kappa shape index (κ1) is 21.9. The Hall–Kier alpha value is -3.62. The Bertz CT molecular complexity index is 1730. The first-order chi connectivity index (χ1) is 16.8. The van der Waals surface area contributed by atoms with Gasteiger partial charge in [-0.1, -0.05) is 90.5 Å². The van der Waals surface area contributed by atoms with Crippen molar-refractivity contribution in [2.45, 2.75) is 13.1 Å². The van der Waals surface area contributed by atoms with E-state index in [2.05, 4.69) is 24.3 Å². The molecular weight excluding hydrogens is 464 g/mol. The molecule has 0 heterocycles. The molecule has 1 atom stereocenters. The minimum atomic E-state index is -4.46. The number of hydrogen-bond donors (Lipinski definition) is 0. The van der Waals surface area contributed by atoms with E-state index in [4.69, 9.17) is 0 Å². The van der Waals surface area contributed by atoms with Crippen LogP contribution in [0.4, 0.5) is 13.2 Å². The summed E-state index contributed by atoms with van der Waals surface area (Å²) in [6, 6.07) is 30.3. The van der Waals surface area contributed by atoms with Gasteiger partial charge in [0.05, 0.1) is 5.56 Å². The third-order valence-corrected chi connectivity index (χ3v) is 9.92. The number of rotatable bonds is 3. The highest BCUT2D eigenvalue weighted by Gasteiger charge is 2.34. The van der Waals surface area contributed by atoms with E-state index < -0.39 is 18.9 Å². The molecule has 0 aliphatic carbocycles. The topological polar surface area (TPSA) is 17.1 Å². The molecular formula is C30H20F3OP. The second kappa shape index (κ2) is 7.69. The molecule has 6 aromatic rings. The lowest BCUT2D eigenvalue weighted by Crippen LogP contribution is -2.26. The minimum Gasteiger partial charge on any atom is -0.309 e. The van der Waals surface area contributed by atoms with E-state index >= 15 is 4.57 Å². The summed E-state index contributed by atoms with van der Waals surface area (Å²) in [7, 11) is -3.49. The van der Waals surface area contributed by atoms with Gasteiger partial charge in [-0.25, -0.2) is 0 Å². The standard InChI is InChI=1S/C30H20F3OP/c1-19-5-13-24(14-6-19)35(34,25-15-11-23(12-16-25)30(31,32)33)27-18-10-22-8-7-20-3-2-4-21-9-17-26(27)29(22)28(20)21/h2-18H,1H3. The second-order valence-electron chi connectivity index (χ2n) is 8.93.